The predicted octanol–water partition coefficient (Wildman–Crippen LogP) is 3.52. The van der Waals surface area contributed by atoms with Crippen molar-refractivity contribution in [2.24, 2.45) is 0 Å². The molecule has 158 valence electrons. The van der Waals surface area contributed by atoms with Crippen molar-refractivity contribution in [2.45, 2.75) is 4.90 Å². The van der Waals surface area contributed by atoms with E-state index in [2.05, 4.69) is 4.72 Å². The highest BCUT2D eigenvalue weighted by molar-refractivity contribution is 7.92. The van der Waals surface area contributed by atoms with Crippen LogP contribution in [-0.4, -0.2) is 32.7 Å². The summed E-state index contributed by atoms with van der Waals surface area (Å²) in [4.78, 5) is 10.7. The van der Waals surface area contributed by atoms with Gasteiger partial charge in [0.15, 0.2) is 0 Å². The maximum absolute atomic E-state index is 12.7. The van der Waals surface area contributed by atoms with Crippen LogP contribution in [0, 0.1) is 11.3 Å². The summed E-state index contributed by atoms with van der Waals surface area (Å²) >= 11 is 0. The van der Waals surface area contributed by atoms with E-state index in [0.717, 1.165) is 0 Å². The third-order valence-corrected chi connectivity index (χ3v) is 5.56. The highest BCUT2D eigenvalue weighted by Gasteiger charge is 2.20. The highest BCUT2D eigenvalue weighted by Crippen LogP contribution is 2.27. The molecular formula is C22H18N2O6S. The van der Waals surface area contributed by atoms with Crippen molar-refractivity contribution in [2.75, 3.05) is 17.9 Å². The fourth-order valence-corrected chi connectivity index (χ4v) is 3.90. The monoisotopic (exact) mass is 438 g/mol. The van der Waals surface area contributed by atoms with Gasteiger partial charge in [-0.15, -0.1) is 0 Å². The van der Waals surface area contributed by atoms with E-state index < -0.39 is 16.0 Å². The fraction of sp³-hybridized carbons (Fsp3) is 0.0909. The number of carbonyl (C=O) groups is 1. The molecule has 0 aromatic heterocycles. The molecule has 0 aliphatic rings. The molecule has 31 heavy (non-hydrogen) atoms. The molecule has 3 aromatic rings. The van der Waals surface area contributed by atoms with Crippen LogP contribution in [0.3, 0.4) is 0 Å². The summed E-state index contributed by atoms with van der Waals surface area (Å²) in [5, 5.41) is 18.1. The quantitative estimate of drug-likeness (QED) is 0.490. The van der Waals surface area contributed by atoms with Crippen LogP contribution in [0.1, 0.15) is 15.9 Å². The molecule has 8 nitrogen and oxygen atoms in total. The number of aromatic carboxylic acids is 1. The summed E-state index contributed by atoms with van der Waals surface area (Å²) in [6.07, 6.45) is 0. The third-order valence-electron chi connectivity index (χ3n) is 4.14. The summed E-state index contributed by atoms with van der Waals surface area (Å²) in [6.45, 7) is 0.277. The van der Waals surface area contributed by atoms with E-state index in [1.807, 2.05) is 6.07 Å². The van der Waals surface area contributed by atoms with Crippen molar-refractivity contribution in [1.82, 2.24) is 0 Å². The first-order chi connectivity index (χ1) is 14.9. The maximum Gasteiger partial charge on any atom is 0.335 e. The second-order valence-corrected chi connectivity index (χ2v) is 7.89. The minimum Gasteiger partial charge on any atom is -0.490 e. The van der Waals surface area contributed by atoms with E-state index in [9.17, 15) is 18.5 Å². The Bertz CT molecular complexity index is 1220. The van der Waals surface area contributed by atoms with Crippen molar-refractivity contribution < 1.29 is 27.8 Å². The topological polar surface area (TPSA) is 126 Å². The van der Waals surface area contributed by atoms with Gasteiger partial charge < -0.3 is 14.6 Å². The lowest BCUT2D eigenvalue weighted by Crippen LogP contribution is -2.16. The zero-order valence-corrected chi connectivity index (χ0v) is 17.0. The van der Waals surface area contributed by atoms with Crippen LogP contribution in [0.2, 0.25) is 0 Å². The van der Waals surface area contributed by atoms with Crippen LogP contribution in [0.4, 0.5) is 5.69 Å². The van der Waals surface area contributed by atoms with Gasteiger partial charge in [-0.3, -0.25) is 4.72 Å². The van der Waals surface area contributed by atoms with Crippen LogP contribution in [0.5, 0.6) is 11.5 Å². The first-order valence-corrected chi connectivity index (χ1v) is 10.6. The van der Waals surface area contributed by atoms with Crippen LogP contribution in [-0.2, 0) is 10.0 Å². The minimum atomic E-state index is -4.00. The van der Waals surface area contributed by atoms with Gasteiger partial charge in [0.1, 0.15) is 35.7 Å². The number of carboxylic acids is 1. The largest absolute Gasteiger partial charge is 0.490 e. The minimum absolute atomic E-state index is 0.0377. The number of hydrogen-bond acceptors (Lipinski definition) is 6. The lowest BCUT2D eigenvalue weighted by molar-refractivity contribution is 0.0697. The van der Waals surface area contributed by atoms with Gasteiger partial charge in [0.05, 0.1) is 16.8 Å². The average Bonchev–Trinajstić information content (AvgIpc) is 2.77. The van der Waals surface area contributed by atoms with Gasteiger partial charge >= 0.3 is 5.97 Å². The molecule has 0 saturated heterocycles. The van der Waals surface area contributed by atoms with Crippen molar-refractivity contribution >= 4 is 21.7 Å². The van der Waals surface area contributed by atoms with E-state index >= 15 is 0 Å². The molecule has 0 bridgehead atoms. The Hall–Kier alpha value is -4.03. The molecule has 0 fully saturated rings. The normalized spacial score (nSPS) is 10.7. The smallest absolute Gasteiger partial charge is 0.335 e. The van der Waals surface area contributed by atoms with Gasteiger partial charge in [-0.05, 0) is 48.5 Å². The highest BCUT2D eigenvalue weighted by atomic mass is 32.2. The van der Waals surface area contributed by atoms with Gasteiger partial charge in [0.2, 0.25) is 0 Å². The van der Waals surface area contributed by atoms with Crippen LogP contribution < -0.4 is 14.2 Å². The lowest BCUT2D eigenvalue weighted by Gasteiger charge is -2.14. The lowest BCUT2D eigenvalue weighted by atomic mass is 10.2. The Morgan fingerprint density at radius 1 is 0.935 bits per heavy atom. The van der Waals surface area contributed by atoms with E-state index in [1.54, 1.807) is 30.3 Å². The molecule has 0 radical (unpaired) electrons. The third kappa shape index (κ3) is 5.52. The van der Waals surface area contributed by atoms with Gasteiger partial charge in [0.25, 0.3) is 10.0 Å². The van der Waals surface area contributed by atoms with Crippen molar-refractivity contribution in [3.8, 4) is 17.6 Å². The second-order valence-electron chi connectivity index (χ2n) is 6.24. The Kier molecular flexibility index (Phi) is 6.74. The number of nitrogens with zero attached hydrogens (tertiary/aromatic N) is 1. The van der Waals surface area contributed by atoms with Crippen molar-refractivity contribution in [3.05, 3.63) is 83.9 Å². The number of para-hydroxylation sites is 2. The van der Waals surface area contributed by atoms with Gasteiger partial charge in [-0.25, -0.2) is 13.2 Å². The van der Waals surface area contributed by atoms with E-state index in [1.165, 1.54) is 42.5 Å². The number of hydrogen-bond donors (Lipinski definition) is 2. The molecule has 0 saturated carbocycles. The number of anilines is 1. The van der Waals surface area contributed by atoms with Crippen LogP contribution >= 0.6 is 0 Å². The molecule has 0 aliphatic carbocycles. The number of benzene rings is 3. The van der Waals surface area contributed by atoms with Gasteiger partial charge in [-0.1, -0.05) is 24.3 Å². The molecular weight excluding hydrogens is 420 g/mol. The summed E-state index contributed by atoms with van der Waals surface area (Å²) in [7, 11) is -4.00. The maximum atomic E-state index is 12.7. The van der Waals surface area contributed by atoms with E-state index in [4.69, 9.17) is 14.6 Å². The summed E-state index contributed by atoms with van der Waals surface area (Å²) in [5.74, 6) is -0.243. The molecule has 0 spiro atoms. The zero-order valence-electron chi connectivity index (χ0n) is 16.2. The Morgan fingerprint density at radius 3 is 2.29 bits per heavy atom. The molecule has 3 rings (SSSR count). The predicted molar refractivity (Wildman–Crippen MR) is 113 cm³/mol. The first-order valence-electron chi connectivity index (χ1n) is 9.10. The Balaban J connectivity index is 1.64. The molecule has 0 heterocycles. The fourth-order valence-electron chi connectivity index (χ4n) is 2.67. The summed E-state index contributed by atoms with van der Waals surface area (Å²) < 4.78 is 39.1. The first kappa shape index (κ1) is 21.7. The molecule has 9 heteroatoms. The molecule has 0 unspecified atom stereocenters. The number of carboxylic acid groups (broad SMARTS) is 1. The SMILES string of the molecule is N#Cc1ccccc1S(=O)(=O)Nc1ccccc1OCCOc1ccc(C(=O)O)cc1. The standard InChI is InChI=1S/C22H18N2O6S/c23-15-17-5-1-4-8-21(17)31(27,28)24-19-6-2-3-7-20(19)30-14-13-29-18-11-9-16(10-12-18)22(25)26/h1-12,24H,13-14H2,(H,25,26). The molecule has 0 aliphatic heterocycles. The van der Waals surface area contributed by atoms with Gasteiger partial charge in [0, 0.05) is 0 Å². The number of nitriles is 1. The van der Waals surface area contributed by atoms with Crippen LogP contribution in [0.25, 0.3) is 0 Å². The van der Waals surface area contributed by atoms with Crippen LogP contribution in [0.15, 0.2) is 77.7 Å². The Labute approximate surface area is 179 Å². The molecule has 0 amide bonds. The summed E-state index contributed by atoms with van der Waals surface area (Å²) in [6, 6.07) is 20.2. The van der Waals surface area contributed by atoms with Crippen molar-refractivity contribution in [1.29, 1.82) is 5.26 Å². The van der Waals surface area contributed by atoms with Crippen molar-refractivity contribution in [3.63, 3.8) is 0 Å². The average molecular weight is 438 g/mol. The van der Waals surface area contributed by atoms with Gasteiger partial charge in [-0.2, -0.15) is 5.26 Å². The van der Waals surface area contributed by atoms with E-state index in [-0.39, 0.29) is 34.9 Å². The number of sulfonamides is 1. The number of rotatable bonds is 9. The number of nitrogens with one attached hydrogen (secondary N) is 1. The Morgan fingerprint density at radius 2 is 1.58 bits per heavy atom. The zero-order chi connectivity index (χ0) is 22.3. The second kappa shape index (κ2) is 9.65. The molecule has 3 aromatic carbocycles. The molecule has 2 N–H and O–H groups in total. The number of ether oxygens (including phenoxy) is 2. The van der Waals surface area contributed by atoms with E-state index in [0.29, 0.717) is 11.5 Å². The molecule has 0 atom stereocenters. The summed E-state index contributed by atoms with van der Waals surface area (Å²) in [5.41, 5.74) is 0.416.